The summed E-state index contributed by atoms with van der Waals surface area (Å²) >= 11 is 0. The molecule has 1 rings (SSSR count). The van der Waals surface area contributed by atoms with Gasteiger partial charge in [-0.05, 0) is 45.6 Å². The molecule has 0 aromatic heterocycles. The van der Waals surface area contributed by atoms with Gasteiger partial charge in [0.05, 0.1) is 6.10 Å². The maximum atomic E-state index is 11.1. The van der Waals surface area contributed by atoms with Crippen LogP contribution in [0.3, 0.4) is 0 Å². The maximum Gasteiger partial charge on any atom is 0.323 e. The Morgan fingerprint density at radius 3 is 2.78 bits per heavy atom. The van der Waals surface area contributed by atoms with Gasteiger partial charge in [0.1, 0.15) is 5.54 Å². The fraction of sp³-hybridized carbons (Fsp3) is 0.929. The lowest BCUT2D eigenvalue weighted by Gasteiger charge is -2.28. The largest absolute Gasteiger partial charge is 0.480 e. The standard InChI is InChI=1S/C14H27NO3/c1-11-6-4-7-12(10-11)18-9-5-8-14(2,15-3)13(16)17/h11-12,15H,4-10H2,1-3H3,(H,16,17). The van der Waals surface area contributed by atoms with E-state index in [1.54, 1.807) is 14.0 Å². The fourth-order valence-corrected chi connectivity index (χ4v) is 2.54. The van der Waals surface area contributed by atoms with Crippen molar-refractivity contribution in [3.8, 4) is 0 Å². The number of hydrogen-bond acceptors (Lipinski definition) is 3. The predicted octanol–water partition coefficient (Wildman–Crippen LogP) is 2.42. The quantitative estimate of drug-likeness (QED) is 0.688. The molecule has 0 spiro atoms. The molecule has 1 aliphatic carbocycles. The molecular weight excluding hydrogens is 230 g/mol. The molecule has 1 saturated carbocycles. The molecule has 0 radical (unpaired) electrons. The molecule has 0 amide bonds. The van der Waals surface area contributed by atoms with Crippen molar-refractivity contribution in [2.24, 2.45) is 5.92 Å². The highest BCUT2D eigenvalue weighted by Gasteiger charge is 2.30. The van der Waals surface area contributed by atoms with E-state index >= 15 is 0 Å². The molecule has 0 aromatic carbocycles. The number of hydrogen-bond donors (Lipinski definition) is 2. The second-order valence-electron chi connectivity index (χ2n) is 5.76. The van der Waals surface area contributed by atoms with Crippen LogP contribution in [0.2, 0.25) is 0 Å². The summed E-state index contributed by atoms with van der Waals surface area (Å²) in [4.78, 5) is 11.1. The van der Waals surface area contributed by atoms with Crippen LogP contribution < -0.4 is 5.32 Å². The molecule has 0 bridgehead atoms. The van der Waals surface area contributed by atoms with Crippen molar-refractivity contribution in [3.63, 3.8) is 0 Å². The lowest BCUT2D eigenvalue weighted by atomic mass is 9.88. The third-order valence-corrected chi connectivity index (χ3v) is 4.09. The van der Waals surface area contributed by atoms with Crippen molar-refractivity contribution in [1.82, 2.24) is 5.32 Å². The normalized spacial score (nSPS) is 27.7. The van der Waals surface area contributed by atoms with Crippen LogP contribution in [0.4, 0.5) is 0 Å². The third kappa shape index (κ3) is 4.58. The number of aliphatic carboxylic acids is 1. The van der Waals surface area contributed by atoms with Gasteiger partial charge in [0.15, 0.2) is 0 Å². The molecule has 0 heterocycles. The van der Waals surface area contributed by atoms with Crippen LogP contribution in [0, 0.1) is 5.92 Å². The molecule has 3 unspecified atom stereocenters. The van der Waals surface area contributed by atoms with E-state index in [0.717, 1.165) is 25.2 Å². The summed E-state index contributed by atoms with van der Waals surface area (Å²) in [6, 6.07) is 0. The van der Waals surface area contributed by atoms with Crippen molar-refractivity contribution in [2.45, 2.75) is 64.0 Å². The topological polar surface area (TPSA) is 58.6 Å². The summed E-state index contributed by atoms with van der Waals surface area (Å²) in [5.41, 5.74) is -0.830. The number of carboxylic acids is 1. The average Bonchev–Trinajstić information content (AvgIpc) is 2.34. The van der Waals surface area contributed by atoms with Gasteiger partial charge < -0.3 is 15.2 Å². The van der Waals surface area contributed by atoms with Crippen LogP contribution in [-0.4, -0.2) is 36.4 Å². The smallest absolute Gasteiger partial charge is 0.323 e. The van der Waals surface area contributed by atoms with E-state index in [1.165, 1.54) is 12.8 Å². The second-order valence-corrected chi connectivity index (χ2v) is 5.76. The Bertz CT molecular complexity index is 270. The van der Waals surface area contributed by atoms with Gasteiger partial charge >= 0.3 is 5.97 Å². The highest BCUT2D eigenvalue weighted by Crippen LogP contribution is 2.26. The molecule has 0 aliphatic heterocycles. The fourth-order valence-electron chi connectivity index (χ4n) is 2.54. The lowest BCUT2D eigenvalue weighted by molar-refractivity contribution is -0.144. The molecule has 2 N–H and O–H groups in total. The number of nitrogens with one attached hydrogen (secondary N) is 1. The van der Waals surface area contributed by atoms with Crippen molar-refractivity contribution in [3.05, 3.63) is 0 Å². The van der Waals surface area contributed by atoms with Gasteiger partial charge in [-0.2, -0.15) is 0 Å². The van der Waals surface area contributed by atoms with E-state index < -0.39 is 11.5 Å². The first kappa shape index (κ1) is 15.4. The third-order valence-electron chi connectivity index (χ3n) is 4.09. The first-order valence-corrected chi connectivity index (χ1v) is 7.02. The minimum Gasteiger partial charge on any atom is -0.480 e. The minimum absolute atomic E-state index is 0.388. The van der Waals surface area contributed by atoms with Crippen LogP contribution in [0.15, 0.2) is 0 Å². The van der Waals surface area contributed by atoms with E-state index in [4.69, 9.17) is 9.84 Å². The van der Waals surface area contributed by atoms with Gasteiger partial charge in [0.25, 0.3) is 0 Å². The van der Waals surface area contributed by atoms with E-state index in [1.807, 2.05) is 0 Å². The lowest BCUT2D eigenvalue weighted by Crippen LogP contribution is -2.47. The number of carboxylic acid groups (broad SMARTS) is 1. The molecule has 18 heavy (non-hydrogen) atoms. The first-order chi connectivity index (χ1) is 8.48. The molecule has 0 aromatic rings. The van der Waals surface area contributed by atoms with E-state index in [9.17, 15) is 4.79 Å². The Morgan fingerprint density at radius 2 is 2.22 bits per heavy atom. The van der Waals surface area contributed by atoms with Gasteiger partial charge in [-0.1, -0.05) is 19.8 Å². The summed E-state index contributed by atoms with van der Waals surface area (Å²) in [6.45, 7) is 4.66. The minimum atomic E-state index is -0.830. The van der Waals surface area contributed by atoms with Crippen molar-refractivity contribution < 1.29 is 14.6 Å². The summed E-state index contributed by atoms with van der Waals surface area (Å²) < 4.78 is 5.85. The SMILES string of the molecule is CNC(C)(CCCOC1CCCC(C)C1)C(=O)O. The maximum absolute atomic E-state index is 11.1. The zero-order valence-electron chi connectivity index (χ0n) is 11.9. The monoisotopic (exact) mass is 257 g/mol. The van der Waals surface area contributed by atoms with Gasteiger partial charge in [0, 0.05) is 6.61 Å². The van der Waals surface area contributed by atoms with Crippen LogP contribution in [-0.2, 0) is 9.53 Å². The second kappa shape index (κ2) is 7.10. The predicted molar refractivity (Wildman–Crippen MR) is 71.7 cm³/mol. The molecule has 0 saturated heterocycles. The first-order valence-electron chi connectivity index (χ1n) is 7.02. The number of rotatable bonds is 7. The molecule has 1 aliphatic rings. The summed E-state index contributed by atoms with van der Waals surface area (Å²) in [6.07, 6.45) is 6.66. The van der Waals surface area contributed by atoms with Gasteiger partial charge in [0.2, 0.25) is 0 Å². The Kier molecular flexibility index (Phi) is 6.09. The van der Waals surface area contributed by atoms with Crippen LogP contribution in [0.1, 0.15) is 52.4 Å². The molecule has 3 atom stereocenters. The summed E-state index contributed by atoms with van der Waals surface area (Å²) in [7, 11) is 1.69. The number of likely N-dealkylation sites (N-methyl/N-ethyl adjacent to an activating group) is 1. The van der Waals surface area contributed by atoms with Crippen molar-refractivity contribution in [1.29, 1.82) is 0 Å². The highest BCUT2D eigenvalue weighted by molar-refractivity contribution is 5.78. The van der Waals surface area contributed by atoms with Gasteiger partial charge in [-0.25, -0.2) is 0 Å². The molecular formula is C14H27NO3. The van der Waals surface area contributed by atoms with E-state index in [2.05, 4.69) is 12.2 Å². The Hall–Kier alpha value is -0.610. The van der Waals surface area contributed by atoms with Crippen LogP contribution in [0.5, 0.6) is 0 Å². The van der Waals surface area contributed by atoms with Crippen LogP contribution >= 0.6 is 0 Å². The summed E-state index contributed by atoms with van der Waals surface area (Å²) in [5.74, 6) is -0.0263. The number of carbonyl (C=O) groups is 1. The Labute approximate surface area is 110 Å². The Morgan fingerprint density at radius 1 is 1.50 bits per heavy atom. The number of ether oxygens (including phenoxy) is 1. The average molecular weight is 257 g/mol. The zero-order chi connectivity index (χ0) is 13.6. The van der Waals surface area contributed by atoms with Gasteiger partial charge in [-0.3, -0.25) is 4.79 Å². The molecule has 4 heteroatoms. The molecule has 106 valence electrons. The van der Waals surface area contributed by atoms with Gasteiger partial charge in [-0.15, -0.1) is 0 Å². The van der Waals surface area contributed by atoms with E-state index in [0.29, 0.717) is 19.1 Å². The Balaban J connectivity index is 2.19. The highest BCUT2D eigenvalue weighted by atomic mass is 16.5. The van der Waals surface area contributed by atoms with E-state index in [-0.39, 0.29) is 0 Å². The zero-order valence-corrected chi connectivity index (χ0v) is 11.9. The molecule has 1 fully saturated rings. The molecule has 4 nitrogen and oxygen atoms in total. The van der Waals surface area contributed by atoms with Crippen molar-refractivity contribution in [2.75, 3.05) is 13.7 Å². The van der Waals surface area contributed by atoms with Crippen molar-refractivity contribution >= 4 is 5.97 Å². The van der Waals surface area contributed by atoms with Crippen LogP contribution in [0.25, 0.3) is 0 Å². The summed E-state index contributed by atoms with van der Waals surface area (Å²) in [5, 5.41) is 12.0.